The number of hydrogen-bond acceptors (Lipinski definition) is 4. The van der Waals surface area contributed by atoms with Crippen LogP contribution in [0.1, 0.15) is 30.0 Å². The van der Waals surface area contributed by atoms with Crippen LogP contribution in [0.3, 0.4) is 0 Å². The Kier molecular flexibility index (Phi) is 4.62. The van der Waals surface area contributed by atoms with Crippen molar-refractivity contribution in [2.75, 3.05) is 13.2 Å². The SMILES string of the molecule is Cc1cc(CNC(=O)N2CC(C)OCC2c2ccccc2)no1. The molecule has 2 atom stereocenters. The van der Waals surface area contributed by atoms with E-state index in [1.54, 1.807) is 0 Å². The fourth-order valence-corrected chi connectivity index (χ4v) is 2.75. The summed E-state index contributed by atoms with van der Waals surface area (Å²) in [6.45, 7) is 5.21. The second-order valence-electron chi connectivity index (χ2n) is 5.81. The first kappa shape index (κ1) is 15.6. The molecule has 2 heterocycles. The summed E-state index contributed by atoms with van der Waals surface area (Å²) in [4.78, 5) is 14.4. The van der Waals surface area contributed by atoms with Gasteiger partial charge in [-0.1, -0.05) is 35.5 Å². The number of rotatable bonds is 3. The number of urea groups is 1. The van der Waals surface area contributed by atoms with Crippen molar-refractivity contribution in [3.8, 4) is 0 Å². The van der Waals surface area contributed by atoms with Crippen molar-refractivity contribution in [1.29, 1.82) is 0 Å². The topological polar surface area (TPSA) is 67.6 Å². The van der Waals surface area contributed by atoms with E-state index in [-0.39, 0.29) is 18.2 Å². The number of benzene rings is 1. The third-order valence-corrected chi connectivity index (χ3v) is 3.91. The number of nitrogens with zero attached hydrogens (tertiary/aromatic N) is 2. The third-order valence-electron chi connectivity index (χ3n) is 3.91. The highest BCUT2D eigenvalue weighted by Crippen LogP contribution is 2.26. The van der Waals surface area contributed by atoms with Gasteiger partial charge in [-0.2, -0.15) is 0 Å². The minimum atomic E-state index is -0.116. The number of ether oxygens (including phenoxy) is 1. The fraction of sp³-hybridized carbons (Fsp3) is 0.412. The average Bonchev–Trinajstić information content (AvgIpc) is 2.99. The molecular formula is C17H21N3O3. The van der Waals surface area contributed by atoms with Gasteiger partial charge in [0.15, 0.2) is 0 Å². The van der Waals surface area contributed by atoms with Crippen LogP contribution < -0.4 is 5.32 Å². The van der Waals surface area contributed by atoms with E-state index in [4.69, 9.17) is 9.26 Å². The number of hydrogen-bond donors (Lipinski definition) is 1. The second-order valence-corrected chi connectivity index (χ2v) is 5.81. The lowest BCUT2D eigenvalue weighted by Crippen LogP contribution is -2.50. The van der Waals surface area contributed by atoms with Gasteiger partial charge in [-0.05, 0) is 19.4 Å². The Hall–Kier alpha value is -2.34. The summed E-state index contributed by atoms with van der Waals surface area (Å²) in [5.74, 6) is 0.733. The van der Waals surface area contributed by atoms with Crippen LogP contribution in [0, 0.1) is 6.92 Å². The monoisotopic (exact) mass is 315 g/mol. The Morgan fingerprint density at radius 1 is 1.39 bits per heavy atom. The van der Waals surface area contributed by atoms with Crippen LogP contribution >= 0.6 is 0 Å². The van der Waals surface area contributed by atoms with Crippen molar-refractivity contribution in [2.45, 2.75) is 32.5 Å². The number of nitrogens with one attached hydrogen (secondary N) is 1. The summed E-state index contributed by atoms with van der Waals surface area (Å²) in [7, 11) is 0. The molecule has 6 heteroatoms. The van der Waals surface area contributed by atoms with Crippen LogP contribution in [0.25, 0.3) is 0 Å². The van der Waals surface area contributed by atoms with Gasteiger partial charge in [0.1, 0.15) is 11.5 Å². The maximum atomic E-state index is 12.6. The minimum Gasteiger partial charge on any atom is -0.374 e. The lowest BCUT2D eigenvalue weighted by Gasteiger charge is -2.38. The zero-order chi connectivity index (χ0) is 16.2. The maximum Gasteiger partial charge on any atom is 0.318 e. The molecule has 0 aliphatic carbocycles. The highest BCUT2D eigenvalue weighted by Gasteiger charge is 2.31. The first-order valence-corrected chi connectivity index (χ1v) is 7.76. The molecule has 1 aliphatic heterocycles. The molecule has 122 valence electrons. The highest BCUT2D eigenvalue weighted by atomic mass is 16.5. The standard InChI is InChI=1S/C17H21N3O3/c1-12-8-15(19-23-12)9-18-17(21)20-10-13(2)22-11-16(20)14-6-4-3-5-7-14/h3-8,13,16H,9-11H2,1-2H3,(H,18,21). The lowest BCUT2D eigenvalue weighted by atomic mass is 10.0. The molecular weight excluding hydrogens is 294 g/mol. The Morgan fingerprint density at radius 2 is 2.17 bits per heavy atom. The van der Waals surface area contributed by atoms with Crippen LogP contribution in [0.2, 0.25) is 0 Å². The van der Waals surface area contributed by atoms with Crippen LogP contribution in [0.15, 0.2) is 40.9 Å². The summed E-state index contributed by atoms with van der Waals surface area (Å²) >= 11 is 0. The summed E-state index contributed by atoms with van der Waals surface area (Å²) in [5.41, 5.74) is 1.79. The number of carbonyl (C=O) groups is 1. The number of amides is 2. The average molecular weight is 315 g/mol. The summed E-state index contributed by atoms with van der Waals surface area (Å²) in [5, 5.41) is 6.80. The molecule has 1 saturated heterocycles. The molecule has 2 aromatic rings. The first-order valence-electron chi connectivity index (χ1n) is 7.76. The third kappa shape index (κ3) is 3.71. The predicted molar refractivity (Wildman–Crippen MR) is 84.8 cm³/mol. The Bertz CT molecular complexity index is 656. The first-order chi connectivity index (χ1) is 11.1. The van der Waals surface area contributed by atoms with Crippen LogP contribution in [-0.2, 0) is 11.3 Å². The Morgan fingerprint density at radius 3 is 2.87 bits per heavy atom. The van der Waals surface area contributed by atoms with Crippen LogP contribution in [-0.4, -0.2) is 35.3 Å². The van der Waals surface area contributed by atoms with Gasteiger partial charge in [-0.25, -0.2) is 4.79 Å². The van der Waals surface area contributed by atoms with E-state index in [1.165, 1.54) is 0 Å². The molecule has 1 N–H and O–H groups in total. The van der Waals surface area contributed by atoms with Gasteiger partial charge < -0.3 is 19.5 Å². The van der Waals surface area contributed by atoms with Crippen molar-refractivity contribution in [1.82, 2.24) is 15.4 Å². The van der Waals surface area contributed by atoms with E-state index in [0.717, 1.165) is 11.3 Å². The molecule has 1 fully saturated rings. The molecule has 1 aromatic heterocycles. The molecule has 0 radical (unpaired) electrons. The summed E-state index contributed by atoms with van der Waals surface area (Å²) in [6.07, 6.45) is 0.0232. The molecule has 0 saturated carbocycles. The zero-order valence-corrected chi connectivity index (χ0v) is 13.4. The summed E-state index contributed by atoms with van der Waals surface area (Å²) in [6, 6.07) is 11.6. The van der Waals surface area contributed by atoms with Gasteiger partial charge in [-0.3, -0.25) is 0 Å². The Labute approximate surface area is 135 Å². The van der Waals surface area contributed by atoms with Gasteiger partial charge in [0.05, 0.1) is 25.3 Å². The van der Waals surface area contributed by atoms with Crippen LogP contribution in [0.5, 0.6) is 0 Å². The molecule has 2 unspecified atom stereocenters. The van der Waals surface area contributed by atoms with Crippen molar-refractivity contribution in [3.63, 3.8) is 0 Å². The van der Waals surface area contributed by atoms with E-state index in [1.807, 2.05) is 55.1 Å². The van der Waals surface area contributed by atoms with Crippen LogP contribution in [0.4, 0.5) is 4.79 Å². The van der Waals surface area contributed by atoms with Gasteiger partial charge in [0.25, 0.3) is 0 Å². The lowest BCUT2D eigenvalue weighted by molar-refractivity contribution is -0.0382. The fourth-order valence-electron chi connectivity index (χ4n) is 2.75. The number of aromatic nitrogens is 1. The van der Waals surface area contributed by atoms with Crippen molar-refractivity contribution >= 4 is 6.03 Å². The molecule has 0 bridgehead atoms. The van der Waals surface area contributed by atoms with E-state index in [2.05, 4.69) is 10.5 Å². The molecule has 6 nitrogen and oxygen atoms in total. The molecule has 3 rings (SSSR count). The van der Waals surface area contributed by atoms with Gasteiger partial charge >= 0.3 is 6.03 Å². The highest BCUT2D eigenvalue weighted by molar-refractivity contribution is 5.75. The van der Waals surface area contributed by atoms with E-state index in [0.29, 0.717) is 25.4 Å². The van der Waals surface area contributed by atoms with Gasteiger partial charge in [-0.15, -0.1) is 0 Å². The maximum absolute atomic E-state index is 12.6. The van der Waals surface area contributed by atoms with Crippen molar-refractivity contribution in [3.05, 3.63) is 53.4 Å². The second kappa shape index (κ2) is 6.83. The normalized spacial score (nSPS) is 21.2. The number of aryl methyl sites for hydroxylation is 1. The van der Waals surface area contributed by atoms with Gasteiger partial charge in [0.2, 0.25) is 0 Å². The molecule has 2 amide bonds. The van der Waals surface area contributed by atoms with Crippen molar-refractivity contribution in [2.24, 2.45) is 0 Å². The molecule has 1 aromatic carbocycles. The number of carbonyl (C=O) groups excluding carboxylic acids is 1. The molecule has 1 aliphatic rings. The van der Waals surface area contributed by atoms with Crippen molar-refractivity contribution < 1.29 is 14.1 Å². The van der Waals surface area contributed by atoms with E-state index < -0.39 is 0 Å². The quantitative estimate of drug-likeness (QED) is 0.945. The smallest absolute Gasteiger partial charge is 0.318 e. The minimum absolute atomic E-state index is 0.0232. The summed E-state index contributed by atoms with van der Waals surface area (Å²) < 4.78 is 10.8. The molecule has 0 spiro atoms. The van der Waals surface area contributed by atoms with E-state index >= 15 is 0 Å². The predicted octanol–water partition coefficient (Wildman–Crippen LogP) is 2.65. The largest absolute Gasteiger partial charge is 0.374 e. The Balaban J connectivity index is 1.69. The van der Waals surface area contributed by atoms with E-state index in [9.17, 15) is 4.79 Å². The zero-order valence-electron chi connectivity index (χ0n) is 13.4. The number of morpholine rings is 1. The molecule has 23 heavy (non-hydrogen) atoms. The van der Waals surface area contributed by atoms with Gasteiger partial charge in [0, 0.05) is 12.6 Å².